The van der Waals surface area contributed by atoms with Gasteiger partial charge < -0.3 is 32.0 Å². The Bertz CT molecular complexity index is 769. The fourth-order valence-electron chi connectivity index (χ4n) is 2.11. The minimum atomic E-state index is -0.716. The second-order valence-corrected chi connectivity index (χ2v) is 5.31. The summed E-state index contributed by atoms with van der Waals surface area (Å²) >= 11 is 0. The quantitative estimate of drug-likeness (QED) is 0.632. The zero-order chi connectivity index (χ0) is 17.9. The van der Waals surface area contributed by atoms with Gasteiger partial charge in [-0.2, -0.15) is 4.98 Å². The first-order chi connectivity index (χ1) is 11.3. The summed E-state index contributed by atoms with van der Waals surface area (Å²) in [5, 5.41) is 2.49. The fraction of sp³-hybridized carbons (Fsp3) is 0.267. The molecule has 0 radical (unpaired) electrons. The number of hydrogen-bond acceptors (Lipinski definition) is 7. The Morgan fingerprint density at radius 2 is 1.88 bits per heavy atom. The molecule has 1 aromatic heterocycles. The van der Waals surface area contributed by atoms with Gasteiger partial charge in [-0.05, 0) is 12.0 Å². The maximum absolute atomic E-state index is 11.2. The molecule has 0 spiro atoms. The van der Waals surface area contributed by atoms with Crippen LogP contribution in [0.15, 0.2) is 18.3 Å². The number of nitrogen functional groups attached to an aromatic ring is 2. The molecule has 2 aromatic rings. The molecular formula is C15H21ClN6O3. The molecule has 1 heterocycles. The van der Waals surface area contributed by atoms with E-state index in [1.165, 1.54) is 13.3 Å². The molecule has 10 heteroatoms. The van der Waals surface area contributed by atoms with Gasteiger partial charge in [0, 0.05) is 11.6 Å². The van der Waals surface area contributed by atoms with Crippen molar-refractivity contribution in [3.63, 3.8) is 0 Å². The van der Waals surface area contributed by atoms with Crippen LogP contribution >= 0.6 is 12.4 Å². The van der Waals surface area contributed by atoms with Crippen LogP contribution in [0.25, 0.3) is 0 Å². The first kappa shape index (κ1) is 20.1. The zero-order valence-electron chi connectivity index (χ0n) is 14.1. The molecule has 0 bridgehead atoms. The number of rotatable bonds is 5. The monoisotopic (exact) mass is 368 g/mol. The second-order valence-electron chi connectivity index (χ2n) is 5.31. The normalized spacial score (nSPS) is 10.1. The van der Waals surface area contributed by atoms with Gasteiger partial charge in [-0.25, -0.2) is 9.78 Å². The Balaban J connectivity index is 0.00000312. The molecule has 0 unspecified atom stereocenters. The van der Waals surface area contributed by atoms with E-state index in [1.807, 2.05) is 13.8 Å². The number of methoxy groups -OCH3 is 1. The average molecular weight is 369 g/mol. The number of anilines is 3. The van der Waals surface area contributed by atoms with Crippen LogP contribution in [0.5, 0.6) is 17.2 Å². The third-order valence-electron chi connectivity index (χ3n) is 3.23. The molecule has 0 atom stereocenters. The van der Waals surface area contributed by atoms with E-state index in [4.69, 9.17) is 26.7 Å². The highest BCUT2D eigenvalue weighted by atomic mass is 35.5. The number of aromatic nitrogens is 2. The summed E-state index contributed by atoms with van der Waals surface area (Å²) < 4.78 is 11.1. The van der Waals surface area contributed by atoms with Crippen LogP contribution in [0.4, 0.5) is 22.2 Å². The van der Waals surface area contributed by atoms with E-state index >= 15 is 0 Å². The number of nitrogens with two attached hydrogens (primary N) is 3. The molecule has 0 aliphatic heterocycles. The maximum Gasteiger partial charge on any atom is 0.316 e. The SMILES string of the molecule is COc1cc(C(C)C)c(Oc2cnc(N)nc2N)cc1NC(N)=O.Cl. The highest BCUT2D eigenvalue weighted by molar-refractivity contribution is 5.90. The molecule has 2 rings (SSSR count). The Morgan fingerprint density at radius 3 is 2.40 bits per heavy atom. The summed E-state index contributed by atoms with van der Waals surface area (Å²) in [4.78, 5) is 18.9. The number of benzene rings is 1. The maximum atomic E-state index is 11.2. The summed E-state index contributed by atoms with van der Waals surface area (Å²) in [6.45, 7) is 3.98. The predicted octanol–water partition coefficient (Wildman–Crippen LogP) is 2.48. The molecule has 1 aromatic carbocycles. The van der Waals surface area contributed by atoms with Crippen LogP contribution in [0.2, 0.25) is 0 Å². The van der Waals surface area contributed by atoms with Gasteiger partial charge in [-0.3, -0.25) is 0 Å². The number of halogens is 1. The van der Waals surface area contributed by atoms with Gasteiger partial charge in [0.2, 0.25) is 5.95 Å². The fourth-order valence-corrected chi connectivity index (χ4v) is 2.11. The number of amides is 2. The summed E-state index contributed by atoms with van der Waals surface area (Å²) in [5.74, 6) is 1.46. The first-order valence-corrected chi connectivity index (χ1v) is 7.16. The molecule has 0 aliphatic carbocycles. The topological polar surface area (TPSA) is 151 Å². The van der Waals surface area contributed by atoms with Crippen molar-refractivity contribution in [2.75, 3.05) is 23.9 Å². The van der Waals surface area contributed by atoms with Crippen LogP contribution in [0.1, 0.15) is 25.3 Å². The number of carbonyl (C=O) groups excluding carboxylic acids is 1. The van der Waals surface area contributed by atoms with Gasteiger partial charge >= 0.3 is 6.03 Å². The van der Waals surface area contributed by atoms with Gasteiger partial charge in [-0.1, -0.05) is 13.8 Å². The van der Waals surface area contributed by atoms with Crippen molar-refractivity contribution in [2.24, 2.45) is 5.73 Å². The van der Waals surface area contributed by atoms with Crippen LogP contribution in [-0.2, 0) is 0 Å². The van der Waals surface area contributed by atoms with Crippen molar-refractivity contribution in [1.82, 2.24) is 9.97 Å². The first-order valence-electron chi connectivity index (χ1n) is 7.16. The Morgan fingerprint density at radius 1 is 1.20 bits per heavy atom. The molecule has 0 aliphatic rings. The van der Waals surface area contributed by atoms with E-state index in [2.05, 4.69) is 15.3 Å². The van der Waals surface area contributed by atoms with Crippen molar-refractivity contribution in [1.29, 1.82) is 0 Å². The molecule has 0 saturated carbocycles. The zero-order valence-corrected chi connectivity index (χ0v) is 14.9. The number of nitrogens with one attached hydrogen (secondary N) is 1. The molecule has 7 N–H and O–H groups in total. The lowest BCUT2D eigenvalue weighted by Gasteiger charge is -2.18. The number of carbonyl (C=O) groups is 1. The summed E-state index contributed by atoms with van der Waals surface area (Å²) in [6, 6.07) is 2.65. The van der Waals surface area contributed by atoms with Crippen molar-refractivity contribution < 1.29 is 14.3 Å². The highest BCUT2D eigenvalue weighted by Gasteiger charge is 2.17. The average Bonchev–Trinajstić information content (AvgIpc) is 2.49. The number of primary amides is 1. The van der Waals surface area contributed by atoms with Crippen molar-refractivity contribution in [3.05, 3.63) is 23.9 Å². The Kier molecular flexibility index (Phi) is 6.63. The molecule has 0 saturated heterocycles. The van der Waals surface area contributed by atoms with Gasteiger partial charge in [0.25, 0.3) is 0 Å². The van der Waals surface area contributed by atoms with E-state index in [0.29, 0.717) is 17.2 Å². The third-order valence-corrected chi connectivity index (χ3v) is 3.23. The van der Waals surface area contributed by atoms with Gasteiger partial charge in [-0.15, -0.1) is 12.4 Å². The minimum Gasteiger partial charge on any atom is -0.495 e. The van der Waals surface area contributed by atoms with Crippen molar-refractivity contribution >= 4 is 35.9 Å². The van der Waals surface area contributed by atoms with E-state index in [1.54, 1.807) is 12.1 Å². The predicted molar refractivity (Wildman–Crippen MR) is 98.5 cm³/mol. The molecular weight excluding hydrogens is 348 g/mol. The van der Waals surface area contributed by atoms with Crippen LogP contribution in [-0.4, -0.2) is 23.1 Å². The smallest absolute Gasteiger partial charge is 0.316 e. The van der Waals surface area contributed by atoms with Crippen LogP contribution in [0.3, 0.4) is 0 Å². The standard InChI is InChI=1S/C15H20N6O3.ClH/c1-7(2)8-4-11(23-3)9(20-15(18)22)5-10(8)24-12-6-19-14(17)21-13(12)16;/h4-7H,1-3H3,(H3,18,20,22)(H4,16,17,19,21);1H. The lowest BCUT2D eigenvalue weighted by Crippen LogP contribution is -2.20. The molecule has 9 nitrogen and oxygen atoms in total. The van der Waals surface area contributed by atoms with Gasteiger partial charge in [0.15, 0.2) is 11.6 Å². The minimum absolute atomic E-state index is 0. The largest absolute Gasteiger partial charge is 0.495 e. The summed E-state index contributed by atoms with van der Waals surface area (Å²) in [6.07, 6.45) is 1.38. The van der Waals surface area contributed by atoms with Crippen molar-refractivity contribution in [3.8, 4) is 17.2 Å². The number of hydrogen-bond donors (Lipinski definition) is 4. The molecule has 0 fully saturated rings. The van der Waals surface area contributed by atoms with Gasteiger partial charge in [0.1, 0.15) is 11.5 Å². The highest BCUT2D eigenvalue weighted by Crippen LogP contribution is 2.39. The lowest BCUT2D eigenvalue weighted by molar-refractivity contribution is 0.259. The molecule has 136 valence electrons. The molecule has 2 amide bonds. The van der Waals surface area contributed by atoms with E-state index in [9.17, 15) is 4.79 Å². The number of urea groups is 1. The van der Waals surface area contributed by atoms with E-state index < -0.39 is 6.03 Å². The Hall–Kier alpha value is -2.94. The lowest BCUT2D eigenvalue weighted by atomic mass is 10.0. The summed E-state index contributed by atoms with van der Waals surface area (Å²) in [7, 11) is 1.50. The van der Waals surface area contributed by atoms with Gasteiger partial charge in [0.05, 0.1) is 19.0 Å². The third kappa shape index (κ3) is 4.77. The summed E-state index contributed by atoms with van der Waals surface area (Å²) in [5.41, 5.74) is 17.7. The number of ether oxygens (including phenoxy) is 2. The number of nitrogens with zero attached hydrogens (tertiary/aromatic N) is 2. The molecule has 25 heavy (non-hydrogen) atoms. The van der Waals surface area contributed by atoms with Crippen LogP contribution in [0, 0.1) is 0 Å². The van der Waals surface area contributed by atoms with Crippen molar-refractivity contribution in [2.45, 2.75) is 19.8 Å². The van der Waals surface area contributed by atoms with E-state index in [-0.39, 0.29) is 35.8 Å². The van der Waals surface area contributed by atoms with E-state index in [0.717, 1.165) is 5.56 Å². The Labute approximate surface area is 151 Å². The second kappa shape index (κ2) is 8.25. The van der Waals surface area contributed by atoms with Crippen LogP contribution < -0.4 is 32.0 Å².